The first-order valence-electron chi connectivity index (χ1n) is 8.78. The maximum absolute atomic E-state index is 12.7. The van der Waals surface area contributed by atoms with Gasteiger partial charge in [-0.1, -0.05) is 55.4 Å². The lowest BCUT2D eigenvalue weighted by Gasteiger charge is -2.06. The van der Waals surface area contributed by atoms with E-state index < -0.39 is 5.97 Å². The van der Waals surface area contributed by atoms with E-state index in [1.54, 1.807) is 30.8 Å². The smallest absolute Gasteiger partial charge is 0.318 e. The van der Waals surface area contributed by atoms with Crippen LogP contribution in [0.2, 0.25) is 0 Å². The lowest BCUT2D eigenvalue weighted by Crippen LogP contribution is -2.16. The molecule has 0 aliphatic heterocycles. The number of ketones is 1. The number of hydrogen-bond donors (Lipinski definition) is 0. The predicted molar refractivity (Wildman–Crippen MR) is 105 cm³/mol. The topological polar surface area (TPSA) is 55.7 Å². The van der Waals surface area contributed by atoms with Crippen LogP contribution in [0.4, 0.5) is 0 Å². The summed E-state index contributed by atoms with van der Waals surface area (Å²) in [5, 5.41) is 3.81. The van der Waals surface area contributed by atoms with Gasteiger partial charge in [0.05, 0.1) is 0 Å². The summed E-state index contributed by atoms with van der Waals surface area (Å²) in [6, 6.07) is 17.5. The van der Waals surface area contributed by atoms with Gasteiger partial charge in [0.2, 0.25) is 5.78 Å². The molecule has 0 unspecified atom stereocenters. The van der Waals surface area contributed by atoms with Gasteiger partial charge in [0.1, 0.15) is 5.71 Å². The van der Waals surface area contributed by atoms with Crippen LogP contribution in [0.5, 0.6) is 0 Å². The van der Waals surface area contributed by atoms with Crippen molar-refractivity contribution in [1.29, 1.82) is 0 Å². The van der Waals surface area contributed by atoms with E-state index in [4.69, 9.17) is 4.84 Å². The van der Waals surface area contributed by atoms with Gasteiger partial charge in [0.25, 0.3) is 0 Å². The van der Waals surface area contributed by atoms with Crippen molar-refractivity contribution in [2.75, 3.05) is 0 Å². The van der Waals surface area contributed by atoms with Crippen LogP contribution in [0, 0.1) is 0 Å². The van der Waals surface area contributed by atoms with Crippen molar-refractivity contribution in [3.63, 3.8) is 0 Å². The van der Waals surface area contributed by atoms with E-state index in [2.05, 4.69) is 5.16 Å². The fourth-order valence-corrected chi connectivity index (χ4v) is 3.02. The second kappa shape index (κ2) is 10.6. The molecular formula is C21H23NO3S. The molecule has 0 spiro atoms. The first kappa shape index (κ1) is 19.9. The molecular weight excluding hydrogens is 346 g/mol. The average molecular weight is 369 g/mol. The molecule has 0 aliphatic rings. The van der Waals surface area contributed by atoms with E-state index >= 15 is 0 Å². The molecule has 0 bridgehead atoms. The van der Waals surface area contributed by atoms with Crippen molar-refractivity contribution in [1.82, 2.24) is 0 Å². The molecule has 0 saturated carbocycles. The molecule has 0 N–H and O–H groups in total. The number of rotatable bonds is 9. The van der Waals surface area contributed by atoms with E-state index in [9.17, 15) is 9.59 Å². The number of carbonyl (C=O) groups is 2. The first-order valence-corrected chi connectivity index (χ1v) is 9.60. The third-order valence-electron chi connectivity index (χ3n) is 3.67. The number of benzene rings is 2. The lowest BCUT2D eigenvalue weighted by atomic mass is 10.0. The lowest BCUT2D eigenvalue weighted by molar-refractivity contribution is -0.143. The second-order valence-electron chi connectivity index (χ2n) is 5.73. The molecule has 0 fully saturated rings. The van der Waals surface area contributed by atoms with Crippen LogP contribution in [-0.2, 0) is 9.63 Å². The van der Waals surface area contributed by atoms with Gasteiger partial charge < -0.3 is 4.84 Å². The van der Waals surface area contributed by atoms with Crippen molar-refractivity contribution in [3.8, 4) is 0 Å². The van der Waals surface area contributed by atoms with Gasteiger partial charge in [0.15, 0.2) is 0 Å². The fourth-order valence-electron chi connectivity index (χ4n) is 2.18. The van der Waals surface area contributed by atoms with Gasteiger partial charge in [-0.25, -0.2) is 4.79 Å². The standard InChI is InChI=1S/C21H23NO3S/c1-3-5-11-19(22-25-20(23)4-2)21(24)16-12-14-18(15-13-16)26-17-9-7-6-8-10-17/h6-10,12-15H,3-5,11H2,1-2H3. The zero-order valence-corrected chi connectivity index (χ0v) is 15.9. The molecule has 4 nitrogen and oxygen atoms in total. The van der Waals surface area contributed by atoms with Gasteiger partial charge in [-0.3, -0.25) is 4.79 Å². The summed E-state index contributed by atoms with van der Waals surface area (Å²) in [5.74, 6) is -0.639. The molecule has 0 saturated heterocycles. The van der Waals surface area contributed by atoms with Crippen LogP contribution >= 0.6 is 11.8 Å². The fraction of sp³-hybridized carbons (Fsp3) is 0.286. The minimum atomic E-state index is -0.443. The quantitative estimate of drug-likeness (QED) is 0.253. The Hall–Kier alpha value is -2.40. The SMILES string of the molecule is CCCCC(=NOC(=O)CC)C(=O)c1ccc(Sc2ccccc2)cc1. The van der Waals surface area contributed by atoms with E-state index in [0.29, 0.717) is 12.0 Å². The summed E-state index contributed by atoms with van der Waals surface area (Å²) in [7, 11) is 0. The summed E-state index contributed by atoms with van der Waals surface area (Å²) in [6.45, 7) is 3.73. The van der Waals surface area contributed by atoms with Gasteiger partial charge in [-0.15, -0.1) is 0 Å². The Kier molecular flexibility index (Phi) is 8.09. The molecule has 136 valence electrons. The van der Waals surface area contributed by atoms with Crippen molar-refractivity contribution >= 4 is 29.2 Å². The van der Waals surface area contributed by atoms with Crippen LogP contribution < -0.4 is 0 Å². The molecule has 0 aromatic heterocycles. The summed E-state index contributed by atoms with van der Waals surface area (Å²) in [5.41, 5.74) is 0.835. The maximum atomic E-state index is 12.7. The van der Waals surface area contributed by atoms with Gasteiger partial charge >= 0.3 is 5.97 Å². The Morgan fingerprint density at radius 2 is 1.62 bits per heavy atom. The zero-order valence-electron chi connectivity index (χ0n) is 15.1. The first-order chi connectivity index (χ1) is 12.6. The molecule has 2 aromatic carbocycles. The minimum Gasteiger partial charge on any atom is -0.318 e. The average Bonchev–Trinajstić information content (AvgIpc) is 2.68. The molecule has 0 atom stereocenters. The molecule has 26 heavy (non-hydrogen) atoms. The summed E-state index contributed by atoms with van der Waals surface area (Å²) in [6.07, 6.45) is 2.47. The number of hydrogen-bond acceptors (Lipinski definition) is 5. The molecule has 2 rings (SSSR count). The zero-order chi connectivity index (χ0) is 18.8. The Morgan fingerprint density at radius 1 is 0.962 bits per heavy atom. The highest BCUT2D eigenvalue weighted by Gasteiger charge is 2.15. The van der Waals surface area contributed by atoms with Gasteiger partial charge in [0, 0.05) is 21.8 Å². The number of carbonyl (C=O) groups excluding carboxylic acids is 2. The van der Waals surface area contributed by atoms with Gasteiger partial charge in [-0.05, 0) is 49.2 Å². The maximum Gasteiger partial charge on any atom is 0.334 e. The molecule has 0 heterocycles. The highest BCUT2D eigenvalue weighted by molar-refractivity contribution is 7.99. The highest BCUT2D eigenvalue weighted by Crippen LogP contribution is 2.27. The van der Waals surface area contributed by atoms with Crippen molar-refractivity contribution in [3.05, 3.63) is 60.2 Å². The van der Waals surface area contributed by atoms with Crippen LogP contribution in [-0.4, -0.2) is 17.5 Å². The van der Waals surface area contributed by atoms with Crippen LogP contribution in [0.15, 0.2) is 69.5 Å². The molecule has 5 heteroatoms. The molecule has 0 aliphatic carbocycles. The number of oxime groups is 1. The van der Waals surface area contributed by atoms with Crippen LogP contribution in [0.1, 0.15) is 49.9 Å². The van der Waals surface area contributed by atoms with Crippen LogP contribution in [0.25, 0.3) is 0 Å². The van der Waals surface area contributed by atoms with Crippen molar-refractivity contribution in [2.24, 2.45) is 5.16 Å². The Bertz CT molecular complexity index is 755. The summed E-state index contributed by atoms with van der Waals surface area (Å²) >= 11 is 1.64. The van der Waals surface area contributed by atoms with E-state index in [-0.39, 0.29) is 17.9 Å². The molecule has 0 amide bonds. The van der Waals surface area contributed by atoms with Crippen molar-refractivity contribution < 1.29 is 14.4 Å². The molecule has 0 radical (unpaired) electrons. The minimum absolute atomic E-state index is 0.196. The number of nitrogens with zero attached hydrogens (tertiary/aromatic N) is 1. The second-order valence-corrected chi connectivity index (χ2v) is 6.87. The molecule has 2 aromatic rings. The van der Waals surface area contributed by atoms with E-state index in [1.807, 2.05) is 49.4 Å². The van der Waals surface area contributed by atoms with Crippen molar-refractivity contribution in [2.45, 2.75) is 49.3 Å². The monoisotopic (exact) mass is 369 g/mol. The van der Waals surface area contributed by atoms with Gasteiger partial charge in [-0.2, -0.15) is 0 Å². The third-order valence-corrected chi connectivity index (χ3v) is 4.69. The largest absolute Gasteiger partial charge is 0.334 e. The normalized spacial score (nSPS) is 11.2. The third kappa shape index (κ3) is 6.15. The Labute approximate surface area is 158 Å². The summed E-state index contributed by atoms with van der Waals surface area (Å²) < 4.78 is 0. The number of Topliss-reactive ketones (excluding diaryl/α,β-unsaturated/α-hetero) is 1. The number of unbranched alkanes of at least 4 members (excludes halogenated alkanes) is 1. The predicted octanol–water partition coefficient (Wildman–Crippen LogP) is 5.52. The Morgan fingerprint density at radius 3 is 2.23 bits per heavy atom. The highest BCUT2D eigenvalue weighted by atomic mass is 32.2. The van der Waals surface area contributed by atoms with E-state index in [1.165, 1.54) is 0 Å². The summed E-state index contributed by atoms with van der Waals surface area (Å²) in [4.78, 5) is 31.0. The van der Waals surface area contributed by atoms with Crippen LogP contribution in [0.3, 0.4) is 0 Å². The Balaban J connectivity index is 2.10. The van der Waals surface area contributed by atoms with E-state index in [0.717, 1.165) is 22.6 Å².